The summed E-state index contributed by atoms with van der Waals surface area (Å²) in [6, 6.07) is 4.53. The van der Waals surface area contributed by atoms with Gasteiger partial charge in [0.15, 0.2) is 0 Å². The van der Waals surface area contributed by atoms with Crippen molar-refractivity contribution in [3.8, 4) is 0 Å². The smallest absolute Gasteiger partial charge is 0.313 e. The lowest BCUT2D eigenvalue weighted by atomic mass is 10.2. The zero-order chi connectivity index (χ0) is 15.1. The molecule has 6 nitrogen and oxygen atoms in total. The molecule has 0 aliphatic rings. The molecule has 2 amide bonds. The van der Waals surface area contributed by atoms with Crippen molar-refractivity contribution < 1.29 is 19.5 Å². The van der Waals surface area contributed by atoms with Crippen LogP contribution in [0.5, 0.6) is 0 Å². The maximum Gasteiger partial charge on any atom is 0.313 e. The summed E-state index contributed by atoms with van der Waals surface area (Å²) in [7, 11) is 1.48. The highest BCUT2D eigenvalue weighted by molar-refractivity contribution is 8.00. The summed E-state index contributed by atoms with van der Waals surface area (Å²) in [5.74, 6) is -1.80. The quantitative estimate of drug-likeness (QED) is 0.738. The second kappa shape index (κ2) is 7.76. The van der Waals surface area contributed by atoms with E-state index < -0.39 is 5.97 Å². The third-order valence-electron chi connectivity index (χ3n) is 2.18. The van der Waals surface area contributed by atoms with Gasteiger partial charge in [0, 0.05) is 12.7 Å². The summed E-state index contributed by atoms with van der Waals surface area (Å²) in [4.78, 5) is 33.4. The Labute approximate surface area is 124 Å². The average molecular weight is 317 g/mol. The van der Waals surface area contributed by atoms with E-state index in [2.05, 4.69) is 10.6 Å². The van der Waals surface area contributed by atoms with Crippen molar-refractivity contribution in [1.82, 2.24) is 5.32 Å². The summed E-state index contributed by atoms with van der Waals surface area (Å²) in [6.45, 7) is 0. The van der Waals surface area contributed by atoms with E-state index in [0.717, 1.165) is 11.8 Å². The van der Waals surface area contributed by atoms with E-state index >= 15 is 0 Å². The fraction of sp³-hybridized carbons (Fsp3) is 0.250. The van der Waals surface area contributed by atoms with Gasteiger partial charge in [-0.3, -0.25) is 14.4 Å². The van der Waals surface area contributed by atoms with Gasteiger partial charge in [0.25, 0.3) is 5.91 Å². The van der Waals surface area contributed by atoms with Crippen LogP contribution in [-0.2, 0) is 9.59 Å². The minimum atomic E-state index is -0.976. The number of anilines is 1. The van der Waals surface area contributed by atoms with Gasteiger partial charge in [-0.25, -0.2) is 0 Å². The first-order valence-corrected chi connectivity index (χ1v) is 7.08. The highest BCUT2D eigenvalue weighted by atomic mass is 35.5. The van der Waals surface area contributed by atoms with Crippen LogP contribution in [0, 0.1) is 0 Å². The van der Waals surface area contributed by atoms with E-state index in [0.29, 0.717) is 5.69 Å². The largest absolute Gasteiger partial charge is 0.481 e. The zero-order valence-electron chi connectivity index (χ0n) is 10.6. The number of aliphatic carboxylic acids is 1. The molecule has 0 aliphatic heterocycles. The fourth-order valence-electron chi connectivity index (χ4n) is 1.34. The van der Waals surface area contributed by atoms with Gasteiger partial charge in [0.1, 0.15) is 0 Å². The van der Waals surface area contributed by atoms with Crippen LogP contribution in [-0.4, -0.2) is 41.4 Å². The number of amides is 2. The molecule has 0 fully saturated rings. The molecule has 0 atom stereocenters. The lowest BCUT2D eigenvalue weighted by Crippen LogP contribution is -2.19. The van der Waals surface area contributed by atoms with Crippen LogP contribution < -0.4 is 10.6 Å². The van der Waals surface area contributed by atoms with Crippen LogP contribution in [0.2, 0.25) is 5.02 Å². The Morgan fingerprint density at radius 1 is 1.30 bits per heavy atom. The lowest BCUT2D eigenvalue weighted by molar-refractivity contribution is -0.133. The molecule has 0 spiro atoms. The molecular weight excluding hydrogens is 304 g/mol. The van der Waals surface area contributed by atoms with Crippen molar-refractivity contribution in [3.05, 3.63) is 28.8 Å². The third kappa shape index (κ3) is 5.10. The third-order valence-corrected chi connectivity index (χ3v) is 3.43. The Hall–Kier alpha value is -1.73. The number of nitrogens with one attached hydrogen (secondary N) is 2. The molecule has 20 heavy (non-hydrogen) atoms. The summed E-state index contributed by atoms with van der Waals surface area (Å²) in [5, 5.41) is 13.8. The number of hydrogen-bond acceptors (Lipinski definition) is 4. The van der Waals surface area contributed by atoms with Crippen LogP contribution in [0.15, 0.2) is 18.2 Å². The predicted molar refractivity (Wildman–Crippen MR) is 78.4 cm³/mol. The van der Waals surface area contributed by atoms with Gasteiger partial charge in [-0.2, -0.15) is 0 Å². The number of hydrogen-bond donors (Lipinski definition) is 3. The van der Waals surface area contributed by atoms with Crippen molar-refractivity contribution in [1.29, 1.82) is 0 Å². The molecule has 1 aromatic rings. The van der Waals surface area contributed by atoms with Crippen LogP contribution in [0.4, 0.5) is 5.69 Å². The molecule has 0 saturated heterocycles. The molecule has 3 N–H and O–H groups in total. The minimum Gasteiger partial charge on any atom is -0.481 e. The summed E-state index contributed by atoms with van der Waals surface area (Å²) in [5.41, 5.74) is 0.680. The van der Waals surface area contributed by atoms with Crippen molar-refractivity contribution in [2.75, 3.05) is 23.9 Å². The number of benzene rings is 1. The van der Waals surface area contributed by atoms with Gasteiger partial charge in [-0.15, -0.1) is 11.8 Å². The Kier molecular flexibility index (Phi) is 6.33. The van der Waals surface area contributed by atoms with Crippen molar-refractivity contribution in [3.63, 3.8) is 0 Å². The first kappa shape index (κ1) is 16.3. The summed E-state index contributed by atoms with van der Waals surface area (Å²) in [6.07, 6.45) is 0. The number of halogens is 1. The molecule has 0 radical (unpaired) electrons. The number of carbonyl (C=O) groups is 3. The number of carboxylic acid groups (broad SMARTS) is 1. The van der Waals surface area contributed by atoms with Gasteiger partial charge in [-0.05, 0) is 18.2 Å². The van der Waals surface area contributed by atoms with E-state index in [1.807, 2.05) is 0 Å². The Morgan fingerprint density at radius 3 is 2.60 bits per heavy atom. The molecule has 0 heterocycles. The Bertz CT molecular complexity index is 536. The van der Waals surface area contributed by atoms with Crippen LogP contribution in [0.3, 0.4) is 0 Å². The highest BCUT2D eigenvalue weighted by Crippen LogP contribution is 2.20. The second-order valence-corrected chi connectivity index (χ2v) is 5.10. The molecule has 0 aliphatic carbocycles. The van der Waals surface area contributed by atoms with E-state index in [9.17, 15) is 14.4 Å². The molecule has 0 aromatic heterocycles. The van der Waals surface area contributed by atoms with Gasteiger partial charge in [-0.1, -0.05) is 11.6 Å². The molecule has 108 valence electrons. The van der Waals surface area contributed by atoms with Crippen LogP contribution in [0.25, 0.3) is 0 Å². The second-order valence-electron chi connectivity index (χ2n) is 3.71. The monoisotopic (exact) mass is 316 g/mol. The maximum atomic E-state index is 11.6. The molecule has 1 aromatic carbocycles. The average Bonchev–Trinajstić information content (AvgIpc) is 2.39. The summed E-state index contributed by atoms with van der Waals surface area (Å²) < 4.78 is 0. The van der Waals surface area contributed by atoms with Gasteiger partial charge < -0.3 is 15.7 Å². The van der Waals surface area contributed by atoms with Crippen LogP contribution >= 0.6 is 23.4 Å². The van der Waals surface area contributed by atoms with E-state index in [1.54, 1.807) is 6.07 Å². The molecular formula is C12H13ClN2O4S. The first-order chi connectivity index (χ1) is 9.43. The van der Waals surface area contributed by atoms with E-state index in [4.69, 9.17) is 16.7 Å². The number of carbonyl (C=O) groups excluding carboxylic acids is 2. The van der Waals surface area contributed by atoms with Crippen molar-refractivity contribution >= 4 is 46.8 Å². The van der Waals surface area contributed by atoms with E-state index in [1.165, 1.54) is 19.2 Å². The van der Waals surface area contributed by atoms with Gasteiger partial charge in [0.05, 0.1) is 22.1 Å². The number of carboxylic acids is 1. The molecule has 8 heteroatoms. The first-order valence-electron chi connectivity index (χ1n) is 5.55. The van der Waals surface area contributed by atoms with Crippen molar-refractivity contribution in [2.45, 2.75) is 0 Å². The molecule has 0 saturated carbocycles. The minimum absolute atomic E-state index is 0.0181. The van der Waals surface area contributed by atoms with Crippen molar-refractivity contribution in [2.24, 2.45) is 0 Å². The fourth-order valence-corrected chi connectivity index (χ4v) is 2.08. The van der Waals surface area contributed by atoms with Crippen LogP contribution in [0.1, 0.15) is 10.4 Å². The highest BCUT2D eigenvalue weighted by Gasteiger charge is 2.11. The standard InChI is InChI=1S/C12H13ClN2O4S/c1-14-12(19)8-4-7(2-3-9(8)13)15-10(16)5-20-6-11(17)18/h2-4H,5-6H2,1H3,(H,14,19)(H,15,16)(H,17,18). The van der Waals surface area contributed by atoms with E-state index in [-0.39, 0.29) is 33.9 Å². The number of thioether (sulfide) groups is 1. The SMILES string of the molecule is CNC(=O)c1cc(NC(=O)CSCC(=O)O)ccc1Cl. The topological polar surface area (TPSA) is 95.5 Å². The predicted octanol–water partition coefficient (Wildman–Crippen LogP) is 1.46. The number of rotatable bonds is 6. The Morgan fingerprint density at radius 2 is 2.00 bits per heavy atom. The molecule has 0 bridgehead atoms. The van der Waals surface area contributed by atoms with Gasteiger partial charge in [0.2, 0.25) is 5.91 Å². The lowest BCUT2D eigenvalue weighted by Gasteiger charge is -2.08. The molecule has 0 unspecified atom stereocenters. The zero-order valence-corrected chi connectivity index (χ0v) is 12.2. The normalized spacial score (nSPS) is 9.90. The Balaban J connectivity index is 2.66. The molecule has 1 rings (SSSR count). The maximum absolute atomic E-state index is 11.6. The van der Waals surface area contributed by atoms with Gasteiger partial charge >= 0.3 is 5.97 Å². The summed E-state index contributed by atoms with van der Waals surface area (Å²) >= 11 is 6.87.